The number of sulfone groups is 2. The van der Waals surface area contributed by atoms with Crippen LogP contribution < -0.4 is 9.47 Å². The van der Waals surface area contributed by atoms with Crippen LogP contribution in [-0.2, 0) is 19.7 Å². The van der Waals surface area contributed by atoms with Gasteiger partial charge in [-0.05, 0) is 47.5 Å². The molecule has 0 heterocycles. The maximum atomic E-state index is 12.2. The molecule has 10 heteroatoms. The van der Waals surface area contributed by atoms with Crippen molar-refractivity contribution < 1.29 is 36.5 Å². The number of aromatic hydroxyl groups is 2. The molecule has 0 aromatic heterocycles. The van der Waals surface area contributed by atoms with E-state index < -0.39 is 24.8 Å². The van der Waals surface area contributed by atoms with Crippen molar-refractivity contribution in [3.63, 3.8) is 0 Å². The fraction of sp³-hybridized carbons (Fsp3) is 0.158. The summed E-state index contributed by atoms with van der Waals surface area (Å²) >= 11 is 0. The summed E-state index contributed by atoms with van der Waals surface area (Å²) in [6.07, 6.45) is 2.42. The molecule has 29 heavy (non-hydrogen) atoms. The first-order chi connectivity index (χ1) is 13.5. The van der Waals surface area contributed by atoms with Crippen LogP contribution in [-0.4, -0.2) is 46.4 Å². The predicted octanol–water partition coefficient (Wildman–Crippen LogP) is 2.54. The normalized spacial score (nSPS) is 12.5. The van der Waals surface area contributed by atoms with Crippen molar-refractivity contribution in [2.24, 2.45) is 0 Å². The molecule has 0 fully saturated rings. The highest BCUT2D eigenvalue weighted by atomic mass is 32.3. The van der Waals surface area contributed by atoms with Crippen LogP contribution in [0.3, 0.4) is 0 Å². The Hall–Kier alpha value is -2.98. The fourth-order valence-corrected chi connectivity index (χ4v) is 5.46. The maximum absolute atomic E-state index is 12.2. The molecule has 0 aliphatic carbocycles. The van der Waals surface area contributed by atoms with E-state index >= 15 is 0 Å². The van der Waals surface area contributed by atoms with Crippen LogP contribution in [0.15, 0.2) is 47.2 Å². The molecule has 0 atom stereocenters. The second-order valence-electron chi connectivity index (χ2n) is 5.91. The highest BCUT2D eigenvalue weighted by Crippen LogP contribution is 2.28. The lowest BCUT2D eigenvalue weighted by molar-refractivity contribution is 0.373. The Bertz CT molecular complexity index is 1060. The molecule has 0 saturated heterocycles. The lowest BCUT2D eigenvalue weighted by Crippen LogP contribution is -2.11. The third-order valence-corrected chi connectivity index (χ3v) is 7.40. The van der Waals surface area contributed by atoms with Gasteiger partial charge in [0, 0.05) is 10.8 Å². The van der Waals surface area contributed by atoms with Gasteiger partial charge in [0.2, 0.25) is 0 Å². The number of rotatable bonds is 8. The number of methoxy groups -OCH3 is 2. The molecule has 0 aliphatic heterocycles. The highest BCUT2D eigenvalue weighted by molar-refractivity contribution is 8.10. The summed E-state index contributed by atoms with van der Waals surface area (Å²) in [5, 5.41) is 19.5. The van der Waals surface area contributed by atoms with Gasteiger partial charge in [0.15, 0.2) is 47.8 Å². The largest absolute Gasteiger partial charge is 0.504 e. The Morgan fingerprint density at radius 2 is 1.14 bits per heavy atom. The minimum Gasteiger partial charge on any atom is -0.504 e. The van der Waals surface area contributed by atoms with Gasteiger partial charge in [-0.25, -0.2) is 16.8 Å². The number of benzene rings is 2. The van der Waals surface area contributed by atoms with E-state index in [0.29, 0.717) is 11.1 Å². The van der Waals surface area contributed by atoms with Crippen LogP contribution in [0.4, 0.5) is 0 Å². The lowest BCUT2D eigenvalue weighted by atomic mass is 10.2. The summed E-state index contributed by atoms with van der Waals surface area (Å²) in [7, 11) is -5.46. The van der Waals surface area contributed by atoms with Gasteiger partial charge in [0.05, 0.1) is 14.2 Å². The van der Waals surface area contributed by atoms with Crippen LogP contribution in [0.2, 0.25) is 0 Å². The molecule has 0 unspecified atom stereocenters. The average Bonchev–Trinajstić information content (AvgIpc) is 2.66. The molecule has 0 saturated carbocycles. The minimum atomic E-state index is -4.08. The monoisotopic (exact) mass is 440 g/mol. The third kappa shape index (κ3) is 6.54. The van der Waals surface area contributed by atoms with E-state index in [1.54, 1.807) is 0 Å². The molecular formula is C19H20O8S2. The van der Waals surface area contributed by atoms with Crippen LogP contribution in [0.25, 0.3) is 12.2 Å². The molecule has 0 aliphatic rings. The molecule has 0 amide bonds. The van der Waals surface area contributed by atoms with E-state index in [1.165, 1.54) is 62.8 Å². The van der Waals surface area contributed by atoms with E-state index in [-0.39, 0.29) is 23.0 Å². The van der Waals surface area contributed by atoms with Gasteiger partial charge in [-0.1, -0.05) is 12.1 Å². The summed E-state index contributed by atoms with van der Waals surface area (Å²) in [6.45, 7) is 0. The van der Waals surface area contributed by atoms with Gasteiger partial charge in [-0.2, -0.15) is 0 Å². The van der Waals surface area contributed by atoms with Gasteiger partial charge in [-0.15, -0.1) is 0 Å². The summed E-state index contributed by atoms with van der Waals surface area (Å²) in [5.74, 6) is 0.103. The van der Waals surface area contributed by atoms with Crippen LogP contribution in [0.5, 0.6) is 23.0 Å². The van der Waals surface area contributed by atoms with Crippen molar-refractivity contribution in [1.29, 1.82) is 0 Å². The van der Waals surface area contributed by atoms with Crippen LogP contribution in [0.1, 0.15) is 11.1 Å². The van der Waals surface area contributed by atoms with E-state index in [9.17, 15) is 27.0 Å². The summed E-state index contributed by atoms with van der Waals surface area (Å²) in [6, 6.07) is 8.39. The van der Waals surface area contributed by atoms with Gasteiger partial charge < -0.3 is 19.7 Å². The summed E-state index contributed by atoms with van der Waals surface area (Å²) < 4.78 is 58.5. The molecule has 8 nitrogen and oxygen atoms in total. The molecule has 2 aromatic rings. The molecule has 0 radical (unpaired) electrons. The topological polar surface area (TPSA) is 127 Å². The van der Waals surface area contributed by atoms with Crippen molar-refractivity contribution in [3.05, 3.63) is 58.3 Å². The van der Waals surface area contributed by atoms with Crippen molar-refractivity contribution in [2.45, 2.75) is 0 Å². The Morgan fingerprint density at radius 1 is 0.759 bits per heavy atom. The molecule has 0 bridgehead atoms. The van der Waals surface area contributed by atoms with Crippen LogP contribution >= 0.6 is 0 Å². The van der Waals surface area contributed by atoms with Crippen molar-refractivity contribution in [2.75, 3.05) is 19.3 Å². The predicted molar refractivity (Wildman–Crippen MR) is 110 cm³/mol. The molecule has 2 rings (SSSR count). The zero-order valence-corrected chi connectivity index (χ0v) is 17.3. The fourth-order valence-electron chi connectivity index (χ4n) is 2.27. The first-order valence-corrected chi connectivity index (χ1v) is 11.5. The molecule has 156 valence electrons. The first-order valence-electron chi connectivity index (χ1n) is 8.11. The minimum absolute atomic E-state index is 0.105. The number of phenols is 2. The number of hydrogen-bond donors (Lipinski definition) is 2. The van der Waals surface area contributed by atoms with E-state index in [2.05, 4.69) is 0 Å². The molecule has 0 spiro atoms. The molecule has 2 N–H and O–H groups in total. The quantitative estimate of drug-likeness (QED) is 0.641. The van der Waals surface area contributed by atoms with E-state index in [4.69, 9.17) is 9.47 Å². The highest BCUT2D eigenvalue weighted by Gasteiger charge is 2.17. The Labute approximate surface area is 169 Å². The Morgan fingerprint density at radius 3 is 1.48 bits per heavy atom. The average molecular weight is 440 g/mol. The Balaban J connectivity index is 2.15. The maximum Gasteiger partial charge on any atom is 0.186 e. The Kier molecular flexibility index (Phi) is 6.93. The van der Waals surface area contributed by atoms with Crippen molar-refractivity contribution >= 4 is 31.8 Å². The second-order valence-corrected chi connectivity index (χ2v) is 10.1. The van der Waals surface area contributed by atoms with Gasteiger partial charge in [0.1, 0.15) is 0 Å². The molecule has 2 aromatic carbocycles. The smallest absolute Gasteiger partial charge is 0.186 e. The number of phenolic OH excluding ortho intramolecular Hbond substituents is 2. The summed E-state index contributed by atoms with van der Waals surface area (Å²) in [5.41, 5.74) is 0.819. The first kappa shape index (κ1) is 22.3. The van der Waals surface area contributed by atoms with Crippen LogP contribution in [0, 0.1) is 0 Å². The number of hydrogen-bond acceptors (Lipinski definition) is 8. The number of ether oxygens (including phenoxy) is 2. The summed E-state index contributed by atoms with van der Waals surface area (Å²) in [4.78, 5) is 0. The third-order valence-electron chi connectivity index (χ3n) is 3.67. The SMILES string of the molecule is COc1cc(C=CS(=O)(=O)CS(=O)(=O)/C=C/c2ccc(O)c(OC)c2)ccc1O. The molecular weight excluding hydrogens is 420 g/mol. The van der Waals surface area contributed by atoms with Gasteiger partial charge >= 0.3 is 0 Å². The second kappa shape index (κ2) is 9.01. The van der Waals surface area contributed by atoms with Gasteiger partial charge in [-0.3, -0.25) is 0 Å². The van der Waals surface area contributed by atoms with Crippen molar-refractivity contribution in [3.8, 4) is 23.0 Å². The van der Waals surface area contributed by atoms with Gasteiger partial charge in [0.25, 0.3) is 0 Å². The standard InChI is InChI=1S/C19H20O8S2/c1-26-18-11-14(3-5-16(18)20)7-9-28(22,23)13-29(24,25)10-8-15-4-6-17(21)19(12-15)27-2/h3-12,20-21H,13H2,1-2H3/b9-7+,10-8?. The van der Waals surface area contributed by atoms with Crippen molar-refractivity contribution in [1.82, 2.24) is 0 Å². The van der Waals surface area contributed by atoms with E-state index in [1.807, 2.05) is 0 Å². The lowest BCUT2D eigenvalue weighted by Gasteiger charge is -2.04. The zero-order chi connectivity index (χ0) is 21.7. The zero-order valence-electron chi connectivity index (χ0n) is 15.6. The van der Waals surface area contributed by atoms with E-state index in [0.717, 1.165) is 10.8 Å².